The van der Waals surface area contributed by atoms with Gasteiger partial charge in [0.1, 0.15) is 0 Å². The first-order chi connectivity index (χ1) is 15.8. The Hall–Kier alpha value is -2.52. The Balaban J connectivity index is 1.19. The molecule has 5 rings (SSSR count). The summed E-state index contributed by atoms with van der Waals surface area (Å²) in [7, 11) is -2.95. The first-order valence-corrected chi connectivity index (χ1v) is 13.9. The lowest BCUT2D eigenvalue weighted by molar-refractivity contribution is 0.0726. The first-order valence-electron chi connectivity index (χ1n) is 11.2. The Morgan fingerprint density at radius 2 is 1.79 bits per heavy atom. The monoisotopic (exact) mass is 484 g/mol. The van der Waals surface area contributed by atoms with Gasteiger partial charge in [-0.15, -0.1) is 0 Å². The fraction of sp³-hybridized carbons (Fsp3) is 0.417. The van der Waals surface area contributed by atoms with Gasteiger partial charge >= 0.3 is 0 Å². The molecule has 2 aromatic rings. The van der Waals surface area contributed by atoms with E-state index in [9.17, 15) is 13.2 Å². The number of aliphatic imine (C=N–C) groups is 1. The van der Waals surface area contributed by atoms with Crippen LogP contribution in [0.5, 0.6) is 0 Å². The summed E-state index contributed by atoms with van der Waals surface area (Å²) in [5, 5.41) is 4.03. The molecule has 0 saturated carbocycles. The molecule has 0 radical (unpaired) electrons. The fourth-order valence-electron chi connectivity index (χ4n) is 4.68. The molecule has 0 spiro atoms. The van der Waals surface area contributed by atoms with Gasteiger partial charge in [-0.25, -0.2) is 8.42 Å². The van der Waals surface area contributed by atoms with Gasteiger partial charge in [0.05, 0.1) is 17.5 Å². The number of nitrogens with one attached hydrogen (secondary N) is 1. The maximum absolute atomic E-state index is 13.1. The van der Waals surface area contributed by atoms with Crippen molar-refractivity contribution in [1.29, 1.82) is 0 Å². The van der Waals surface area contributed by atoms with Crippen molar-refractivity contribution in [3.05, 3.63) is 59.7 Å². The van der Waals surface area contributed by atoms with Crippen molar-refractivity contribution < 1.29 is 13.2 Å². The molecule has 3 aliphatic heterocycles. The molecule has 9 heteroatoms. The van der Waals surface area contributed by atoms with Crippen LogP contribution in [-0.2, 0) is 9.84 Å². The third-order valence-electron chi connectivity index (χ3n) is 6.48. The van der Waals surface area contributed by atoms with Crippen molar-refractivity contribution in [3.63, 3.8) is 0 Å². The van der Waals surface area contributed by atoms with Gasteiger partial charge in [0.2, 0.25) is 0 Å². The molecule has 174 valence electrons. The number of fused-ring (bicyclic) bond motifs is 1. The average molecular weight is 485 g/mol. The number of rotatable bonds is 3. The van der Waals surface area contributed by atoms with Crippen molar-refractivity contribution >= 4 is 44.0 Å². The number of hydrogen-bond acceptors (Lipinski definition) is 7. The number of carbonyl (C=O) groups excluding carboxylic acids is 1. The number of hydrogen-bond donors (Lipinski definition) is 1. The maximum Gasteiger partial charge on any atom is 0.253 e. The smallest absolute Gasteiger partial charge is 0.253 e. The molecule has 3 aliphatic rings. The number of benzene rings is 2. The third-order valence-corrected chi connectivity index (χ3v) is 9.62. The molecule has 2 fully saturated rings. The van der Waals surface area contributed by atoms with Gasteiger partial charge in [-0.1, -0.05) is 29.5 Å². The van der Waals surface area contributed by atoms with Crippen LogP contribution < -0.4 is 10.2 Å². The number of sulfone groups is 1. The van der Waals surface area contributed by atoms with E-state index in [4.69, 9.17) is 0 Å². The average Bonchev–Trinajstić information content (AvgIpc) is 3.27. The molecule has 2 aromatic carbocycles. The highest BCUT2D eigenvalue weighted by Crippen LogP contribution is 2.34. The van der Waals surface area contributed by atoms with Crippen LogP contribution in [0.4, 0.5) is 11.4 Å². The molecule has 33 heavy (non-hydrogen) atoms. The molecule has 0 aromatic heterocycles. The topological polar surface area (TPSA) is 82.1 Å². The number of piperazine rings is 1. The minimum Gasteiger partial charge on any atom is -0.365 e. The van der Waals surface area contributed by atoms with Gasteiger partial charge in [-0.2, -0.15) is 0 Å². The standard InChI is InChI=1S/C24H28N4O3S2/c1-16-3-9-20(10-4-16)28-12-11-27(13-17(28)2)23(29)18-5-7-19(8-6-18)25-24-26-21-14-33(30,31)15-22(21)32-24/h3-10,17,21-22H,11-15H2,1-2H3,(H,25,26)/t17?,21-,22+/m1/s1. The summed E-state index contributed by atoms with van der Waals surface area (Å²) in [6, 6.07) is 16.1. The SMILES string of the molecule is Cc1ccc(N2CCN(C(=O)c3ccc(NC4=N[C@@H]5CS(=O)(=O)C[C@@H]5S4)cc3)CC2C)cc1. The second-order valence-corrected chi connectivity index (χ2v) is 12.4. The summed E-state index contributed by atoms with van der Waals surface area (Å²) in [6.45, 7) is 6.43. The first kappa shape index (κ1) is 22.3. The van der Waals surface area contributed by atoms with Crippen LogP contribution in [0, 0.1) is 6.92 Å². The van der Waals surface area contributed by atoms with Gasteiger partial charge in [0, 0.05) is 47.9 Å². The van der Waals surface area contributed by atoms with Crippen LogP contribution >= 0.6 is 11.8 Å². The molecule has 1 unspecified atom stereocenters. The van der Waals surface area contributed by atoms with Gasteiger partial charge < -0.3 is 15.1 Å². The summed E-state index contributed by atoms with van der Waals surface area (Å²) >= 11 is 1.49. The zero-order valence-electron chi connectivity index (χ0n) is 18.8. The Kier molecular flexibility index (Phi) is 5.86. The highest BCUT2D eigenvalue weighted by Gasteiger charge is 2.42. The molecule has 0 aliphatic carbocycles. The van der Waals surface area contributed by atoms with Gasteiger partial charge in [-0.3, -0.25) is 9.79 Å². The normalized spacial score (nSPS) is 26.1. The van der Waals surface area contributed by atoms with E-state index in [1.54, 1.807) is 0 Å². The predicted molar refractivity (Wildman–Crippen MR) is 135 cm³/mol. The van der Waals surface area contributed by atoms with Crippen molar-refractivity contribution in [2.24, 2.45) is 4.99 Å². The molecular weight excluding hydrogens is 456 g/mol. The maximum atomic E-state index is 13.1. The quantitative estimate of drug-likeness (QED) is 0.721. The number of carbonyl (C=O) groups is 1. The van der Waals surface area contributed by atoms with E-state index in [-0.39, 0.29) is 34.7 Å². The van der Waals surface area contributed by atoms with Gasteiger partial charge in [0.25, 0.3) is 5.91 Å². The molecule has 0 bridgehead atoms. The molecular formula is C24H28N4O3S2. The minimum absolute atomic E-state index is 0.0129. The number of amides is 1. The zero-order valence-corrected chi connectivity index (χ0v) is 20.4. The minimum atomic E-state index is -2.95. The van der Waals surface area contributed by atoms with Crippen molar-refractivity contribution in [3.8, 4) is 0 Å². The van der Waals surface area contributed by atoms with Gasteiger partial charge in [0.15, 0.2) is 15.0 Å². The molecule has 1 amide bonds. The predicted octanol–water partition coefficient (Wildman–Crippen LogP) is 3.03. The zero-order chi connectivity index (χ0) is 23.2. The second kappa shape index (κ2) is 8.68. The van der Waals surface area contributed by atoms with E-state index in [0.29, 0.717) is 18.7 Å². The van der Waals surface area contributed by atoms with Gasteiger partial charge in [-0.05, 0) is 50.2 Å². The van der Waals surface area contributed by atoms with Crippen LogP contribution in [0.3, 0.4) is 0 Å². The van der Waals surface area contributed by atoms with Crippen molar-refractivity contribution in [2.75, 3.05) is 41.4 Å². The lowest BCUT2D eigenvalue weighted by atomic mass is 10.1. The van der Waals surface area contributed by atoms with E-state index in [1.807, 2.05) is 29.2 Å². The number of nitrogens with zero attached hydrogens (tertiary/aromatic N) is 3. The van der Waals surface area contributed by atoms with E-state index in [2.05, 4.69) is 53.3 Å². The summed E-state index contributed by atoms with van der Waals surface area (Å²) in [6.07, 6.45) is 0. The highest BCUT2D eigenvalue weighted by atomic mass is 32.2. The van der Waals surface area contributed by atoms with E-state index in [0.717, 1.165) is 17.4 Å². The van der Waals surface area contributed by atoms with Crippen LogP contribution in [0.1, 0.15) is 22.8 Å². The molecule has 1 N–H and O–H groups in total. The van der Waals surface area contributed by atoms with Crippen LogP contribution in [-0.4, -0.2) is 72.9 Å². The van der Waals surface area contributed by atoms with E-state index in [1.165, 1.54) is 23.0 Å². The number of amidine groups is 1. The summed E-state index contributed by atoms with van der Waals surface area (Å²) in [5.41, 5.74) is 3.95. The summed E-state index contributed by atoms with van der Waals surface area (Å²) < 4.78 is 23.4. The lowest BCUT2D eigenvalue weighted by Gasteiger charge is -2.41. The number of thioether (sulfide) groups is 1. The van der Waals surface area contributed by atoms with Crippen molar-refractivity contribution in [1.82, 2.24) is 4.90 Å². The third kappa shape index (κ3) is 4.75. The molecule has 2 saturated heterocycles. The van der Waals surface area contributed by atoms with E-state index >= 15 is 0 Å². The lowest BCUT2D eigenvalue weighted by Crippen LogP contribution is -2.53. The fourth-order valence-corrected chi connectivity index (χ4v) is 8.36. The highest BCUT2D eigenvalue weighted by molar-refractivity contribution is 8.15. The Morgan fingerprint density at radius 3 is 2.45 bits per heavy atom. The van der Waals surface area contributed by atoms with Crippen LogP contribution in [0.2, 0.25) is 0 Å². The molecule has 7 nitrogen and oxygen atoms in total. The van der Waals surface area contributed by atoms with Crippen molar-refractivity contribution in [2.45, 2.75) is 31.2 Å². The van der Waals surface area contributed by atoms with E-state index < -0.39 is 9.84 Å². The summed E-state index contributed by atoms with van der Waals surface area (Å²) in [4.78, 5) is 21.9. The van der Waals surface area contributed by atoms with Crippen LogP contribution in [0.25, 0.3) is 0 Å². The molecule has 3 atom stereocenters. The van der Waals surface area contributed by atoms with Crippen LogP contribution in [0.15, 0.2) is 53.5 Å². The molecule has 3 heterocycles. The Morgan fingerprint density at radius 1 is 1.06 bits per heavy atom. The largest absolute Gasteiger partial charge is 0.365 e. The second-order valence-electron chi connectivity index (χ2n) is 9.07. The Labute approximate surface area is 199 Å². The number of anilines is 2. The summed E-state index contributed by atoms with van der Waals surface area (Å²) in [5.74, 6) is 0.378. The Bertz CT molecular complexity index is 1180. The number of aryl methyl sites for hydroxylation is 1.